The molecule has 0 N–H and O–H groups in total. The van der Waals surface area contributed by atoms with Crippen molar-refractivity contribution in [1.82, 2.24) is 15.0 Å². The van der Waals surface area contributed by atoms with Crippen LogP contribution in [0, 0.1) is 19.8 Å². The number of piperidine rings is 1. The molecule has 0 radical (unpaired) electrons. The number of hydrogen-bond acceptors (Lipinski definition) is 6. The number of morpholine rings is 1. The predicted molar refractivity (Wildman–Crippen MR) is 94.5 cm³/mol. The van der Waals surface area contributed by atoms with Gasteiger partial charge in [0.25, 0.3) is 0 Å². The number of aryl methyl sites for hydroxylation is 2. The minimum Gasteiger partial charge on any atom is -0.381 e. The Morgan fingerprint density at radius 1 is 1.12 bits per heavy atom. The van der Waals surface area contributed by atoms with Crippen molar-refractivity contribution in [2.45, 2.75) is 45.2 Å². The van der Waals surface area contributed by atoms with Gasteiger partial charge in [0.2, 0.25) is 0 Å². The van der Waals surface area contributed by atoms with E-state index in [9.17, 15) is 0 Å². The van der Waals surface area contributed by atoms with E-state index in [1.165, 1.54) is 31.4 Å². The summed E-state index contributed by atoms with van der Waals surface area (Å²) in [6, 6.07) is 0. The second-order valence-corrected chi connectivity index (χ2v) is 8.03. The molecule has 1 aromatic rings. The summed E-state index contributed by atoms with van der Waals surface area (Å²) >= 11 is 0. The molecule has 1 aromatic heterocycles. The van der Waals surface area contributed by atoms with E-state index >= 15 is 0 Å². The number of rotatable bonds is 4. The van der Waals surface area contributed by atoms with E-state index in [1.807, 2.05) is 13.8 Å². The first-order valence-corrected chi connectivity index (χ1v) is 9.71. The van der Waals surface area contributed by atoms with Crippen LogP contribution < -0.4 is 0 Å². The van der Waals surface area contributed by atoms with Gasteiger partial charge in [0.15, 0.2) is 0 Å². The molecule has 140 valence electrons. The third-order valence-electron chi connectivity index (χ3n) is 6.40. The molecular formula is C19H31N3O3. The molecule has 0 bridgehead atoms. The van der Waals surface area contributed by atoms with E-state index in [0.29, 0.717) is 0 Å². The Balaban J connectivity index is 1.40. The molecule has 3 fully saturated rings. The first-order valence-electron chi connectivity index (χ1n) is 9.71. The molecule has 3 aliphatic heterocycles. The maximum Gasteiger partial charge on any atom is 0.138 e. The minimum atomic E-state index is 0.178. The van der Waals surface area contributed by atoms with Gasteiger partial charge in [-0.25, -0.2) is 0 Å². The fourth-order valence-corrected chi connectivity index (χ4v) is 4.64. The predicted octanol–water partition coefficient (Wildman–Crippen LogP) is 1.99. The summed E-state index contributed by atoms with van der Waals surface area (Å²) in [7, 11) is 0. The van der Waals surface area contributed by atoms with Crippen molar-refractivity contribution < 1.29 is 14.0 Å². The molecule has 6 heteroatoms. The number of hydrogen-bond donors (Lipinski definition) is 0. The zero-order chi connectivity index (χ0) is 17.3. The molecule has 3 saturated heterocycles. The Morgan fingerprint density at radius 3 is 2.64 bits per heavy atom. The van der Waals surface area contributed by atoms with Crippen molar-refractivity contribution in [3.63, 3.8) is 0 Å². The van der Waals surface area contributed by atoms with Crippen LogP contribution in [0.5, 0.6) is 0 Å². The molecule has 0 aromatic carbocycles. The van der Waals surface area contributed by atoms with Crippen LogP contribution >= 0.6 is 0 Å². The molecule has 1 unspecified atom stereocenters. The molecule has 0 amide bonds. The van der Waals surface area contributed by atoms with Crippen LogP contribution in [0.1, 0.15) is 36.3 Å². The third kappa shape index (κ3) is 3.63. The van der Waals surface area contributed by atoms with Crippen molar-refractivity contribution >= 4 is 0 Å². The van der Waals surface area contributed by atoms with Crippen molar-refractivity contribution in [3.8, 4) is 0 Å². The van der Waals surface area contributed by atoms with Crippen molar-refractivity contribution in [3.05, 3.63) is 17.0 Å². The molecule has 0 saturated carbocycles. The van der Waals surface area contributed by atoms with Crippen LogP contribution in [-0.4, -0.2) is 73.1 Å². The largest absolute Gasteiger partial charge is 0.381 e. The Kier molecular flexibility index (Phi) is 5.13. The summed E-state index contributed by atoms with van der Waals surface area (Å²) in [6.07, 6.45) is 3.59. The van der Waals surface area contributed by atoms with E-state index in [4.69, 9.17) is 14.0 Å². The Hall–Kier alpha value is -0.950. The second-order valence-electron chi connectivity index (χ2n) is 8.03. The maximum absolute atomic E-state index is 5.92. The van der Waals surface area contributed by atoms with Gasteiger partial charge in [-0.05, 0) is 52.1 Å². The summed E-state index contributed by atoms with van der Waals surface area (Å²) in [4.78, 5) is 5.27. The standard InChI is InChI=1S/C19H31N3O3/c1-15-18(16(2)25-20-15)12-22-8-10-24-14-19(22)4-6-21(7-5-19)11-17-3-9-23-13-17/h17H,3-14H2,1-2H3. The zero-order valence-electron chi connectivity index (χ0n) is 15.6. The van der Waals surface area contributed by atoms with E-state index in [2.05, 4.69) is 15.0 Å². The van der Waals surface area contributed by atoms with E-state index in [0.717, 1.165) is 70.0 Å². The number of nitrogens with zero attached hydrogens (tertiary/aromatic N) is 3. The smallest absolute Gasteiger partial charge is 0.138 e. The van der Waals surface area contributed by atoms with Crippen molar-refractivity contribution in [2.24, 2.45) is 5.92 Å². The van der Waals surface area contributed by atoms with Gasteiger partial charge >= 0.3 is 0 Å². The normalized spacial score (nSPS) is 28.0. The van der Waals surface area contributed by atoms with Gasteiger partial charge in [-0.2, -0.15) is 0 Å². The van der Waals surface area contributed by atoms with E-state index in [1.54, 1.807) is 0 Å². The lowest BCUT2D eigenvalue weighted by Crippen LogP contribution is -2.61. The van der Waals surface area contributed by atoms with Crippen LogP contribution in [0.15, 0.2) is 4.52 Å². The monoisotopic (exact) mass is 349 g/mol. The summed E-state index contributed by atoms with van der Waals surface area (Å²) in [5, 5.41) is 4.13. The van der Waals surface area contributed by atoms with E-state index < -0.39 is 0 Å². The SMILES string of the molecule is Cc1noc(C)c1CN1CCOCC12CCN(CC1CCOC1)CC2. The van der Waals surface area contributed by atoms with E-state index in [-0.39, 0.29) is 5.54 Å². The summed E-state index contributed by atoms with van der Waals surface area (Å²) in [5.41, 5.74) is 2.46. The highest BCUT2D eigenvalue weighted by Gasteiger charge is 2.42. The highest BCUT2D eigenvalue weighted by molar-refractivity contribution is 5.21. The van der Waals surface area contributed by atoms with Crippen LogP contribution in [0.3, 0.4) is 0 Å². The minimum absolute atomic E-state index is 0.178. The summed E-state index contributed by atoms with van der Waals surface area (Å²) in [6.45, 7) is 13.1. The summed E-state index contributed by atoms with van der Waals surface area (Å²) < 4.78 is 16.8. The maximum atomic E-state index is 5.92. The molecule has 0 aliphatic carbocycles. The number of likely N-dealkylation sites (tertiary alicyclic amines) is 1. The number of ether oxygens (including phenoxy) is 2. The molecule has 6 nitrogen and oxygen atoms in total. The molecule has 3 aliphatic rings. The van der Waals surface area contributed by atoms with Crippen LogP contribution in [0.25, 0.3) is 0 Å². The van der Waals surface area contributed by atoms with Crippen molar-refractivity contribution in [1.29, 1.82) is 0 Å². The van der Waals surface area contributed by atoms with Crippen LogP contribution in [-0.2, 0) is 16.0 Å². The average Bonchev–Trinajstić information content (AvgIpc) is 3.24. The Labute approximate surface area is 150 Å². The van der Waals surface area contributed by atoms with Gasteiger partial charge in [0, 0.05) is 37.3 Å². The Morgan fingerprint density at radius 2 is 1.96 bits per heavy atom. The fraction of sp³-hybridized carbons (Fsp3) is 0.842. The van der Waals surface area contributed by atoms with Gasteiger partial charge in [0.1, 0.15) is 5.76 Å². The number of aromatic nitrogens is 1. The molecule has 1 atom stereocenters. The lowest BCUT2D eigenvalue weighted by molar-refractivity contribution is -0.0999. The molecule has 4 heterocycles. The molecule has 1 spiro atoms. The molecule has 4 rings (SSSR count). The van der Waals surface area contributed by atoms with Gasteiger partial charge in [-0.3, -0.25) is 4.90 Å². The summed E-state index contributed by atoms with van der Waals surface area (Å²) in [5.74, 6) is 1.69. The lowest BCUT2D eigenvalue weighted by Gasteiger charge is -2.51. The highest BCUT2D eigenvalue weighted by atomic mass is 16.5. The third-order valence-corrected chi connectivity index (χ3v) is 6.40. The zero-order valence-corrected chi connectivity index (χ0v) is 15.6. The second kappa shape index (κ2) is 7.35. The van der Waals surface area contributed by atoms with Crippen molar-refractivity contribution in [2.75, 3.05) is 52.6 Å². The first-order chi connectivity index (χ1) is 12.2. The van der Waals surface area contributed by atoms with Gasteiger partial charge in [-0.1, -0.05) is 5.16 Å². The fourth-order valence-electron chi connectivity index (χ4n) is 4.64. The van der Waals surface area contributed by atoms with Gasteiger partial charge < -0.3 is 18.9 Å². The highest BCUT2D eigenvalue weighted by Crippen LogP contribution is 2.34. The van der Waals surface area contributed by atoms with Gasteiger partial charge in [0.05, 0.1) is 25.5 Å². The topological polar surface area (TPSA) is 51.0 Å². The molecule has 25 heavy (non-hydrogen) atoms. The van der Waals surface area contributed by atoms with Crippen LogP contribution in [0.2, 0.25) is 0 Å². The van der Waals surface area contributed by atoms with Gasteiger partial charge in [-0.15, -0.1) is 0 Å². The van der Waals surface area contributed by atoms with Crippen LogP contribution in [0.4, 0.5) is 0 Å². The molecular weight excluding hydrogens is 318 g/mol. The lowest BCUT2D eigenvalue weighted by atomic mass is 9.84. The quantitative estimate of drug-likeness (QED) is 0.829. The first kappa shape index (κ1) is 17.5. The average molecular weight is 349 g/mol. The Bertz CT molecular complexity index is 555.